The summed E-state index contributed by atoms with van der Waals surface area (Å²) in [6.45, 7) is 5.53. The number of hydrogen-bond donors (Lipinski definition) is 0. The van der Waals surface area contributed by atoms with Gasteiger partial charge < -0.3 is 4.90 Å². The fraction of sp³-hybridized carbons (Fsp3) is 0.524. The fourth-order valence-corrected chi connectivity index (χ4v) is 5.48. The van der Waals surface area contributed by atoms with Gasteiger partial charge in [-0.15, -0.1) is 11.3 Å². The maximum absolute atomic E-state index is 12.5. The van der Waals surface area contributed by atoms with Gasteiger partial charge in [0.15, 0.2) is 9.84 Å². The minimum atomic E-state index is -3.38. The van der Waals surface area contributed by atoms with E-state index in [9.17, 15) is 13.2 Å². The lowest BCUT2D eigenvalue weighted by Crippen LogP contribution is -2.49. The van der Waals surface area contributed by atoms with Crippen molar-refractivity contribution < 1.29 is 13.2 Å². The Bertz CT molecular complexity index is 889. The Labute approximate surface area is 177 Å². The van der Waals surface area contributed by atoms with E-state index in [1.165, 1.54) is 0 Å². The molecule has 0 unspecified atom stereocenters. The van der Waals surface area contributed by atoms with Crippen LogP contribution in [0, 0.1) is 0 Å². The number of rotatable bonds is 9. The van der Waals surface area contributed by atoms with Gasteiger partial charge in [0, 0.05) is 38.1 Å². The predicted molar refractivity (Wildman–Crippen MR) is 117 cm³/mol. The summed E-state index contributed by atoms with van der Waals surface area (Å²) in [7, 11) is -3.38. The number of aromatic nitrogens is 1. The van der Waals surface area contributed by atoms with Crippen LogP contribution in [-0.2, 0) is 34.0 Å². The van der Waals surface area contributed by atoms with Gasteiger partial charge in [0.1, 0.15) is 5.75 Å². The number of aryl methyl sites for hydroxylation is 2. The van der Waals surface area contributed by atoms with Crippen molar-refractivity contribution in [2.75, 3.05) is 37.7 Å². The van der Waals surface area contributed by atoms with Crippen LogP contribution in [0.4, 0.5) is 0 Å². The molecule has 1 fully saturated rings. The van der Waals surface area contributed by atoms with Gasteiger partial charge in [-0.2, -0.15) is 0 Å². The van der Waals surface area contributed by atoms with Crippen LogP contribution >= 0.6 is 11.3 Å². The molecule has 1 aromatic carbocycles. The zero-order valence-corrected chi connectivity index (χ0v) is 18.6. The largest absolute Gasteiger partial charge is 0.339 e. The molecule has 29 heavy (non-hydrogen) atoms. The third-order valence-electron chi connectivity index (χ3n) is 5.12. The van der Waals surface area contributed by atoms with E-state index in [1.807, 2.05) is 30.3 Å². The molecule has 0 bridgehead atoms. The molecule has 3 rings (SSSR count). The maximum atomic E-state index is 12.5. The van der Waals surface area contributed by atoms with Gasteiger partial charge in [0.25, 0.3) is 0 Å². The molecule has 0 spiro atoms. The van der Waals surface area contributed by atoms with Crippen molar-refractivity contribution in [2.24, 2.45) is 0 Å². The number of hydrogen-bond acceptors (Lipinski definition) is 6. The van der Waals surface area contributed by atoms with E-state index >= 15 is 0 Å². The second kappa shape index (κ2) is 10.3. The molecule has 0 saturated carbocycles. The van der Waals surface area contributed by atoms with Gasteiger partial charge in [-0.05, 0) is 24.8 Å². The number of amides is 1. The Morgan fingerprint density at radius 3 is 2.52 bits per heavy atom. The highest BCUT2D eigenvalue weighted by Gasteiger charge is 2.25. The molecule has 0 N–H and O–H groups in total. The number of carbonyl (C=O) groups excluding carboxylic acids is 1. The maximum Gasteiger partial charge on any atom is 0.237 e. The van der Waals surface area contributed by atoms with Crippen LogP contribution in [0.1, 0.15) is 29.6 Å². The highest BCUT2D eigenvalue weighted by Crippen LogP contribution is 2.14. The summed E-state index contributed by atoms with van der Waals surface area (Å²) in [5.41, 5.74) is 2.20. The van der Waals surface area contributed by atoms with Crippen molar-refractivity contribution in [2.45, 2.75) is 32.7 Å². The van der Waals surface area contributed by atoms with Crippen LogP contribution < -0.4 is 0 Å². The molecular weight excluding hydrogens is 406 g/mol. The minimum Gasteiger partial charge on any atom is -0.339 e. The van der Waals surface area contributed by atoms with Crippen LogP contribution in [0.2, 0.25) is 0 Å². The summed E-state index contributed by atoms with van der Waals surface area (Å²) in [6, 6.07) is 9.82. The fourth-order valence-electron chi connectivity index (χ4n) is 3.46. The van der Waals surface area contributed by atoms with Crippen LogP contribution in [0.15, 0.2) is 35.7 Å². The number of sulfone groups is 1. The third-order valence-corrected chi connectivity index (χ3v) is 7.76. The standard InChI is InChI=1S/C21H29N3O3S2/c1-2-20-22-19(16-28-20)15-23-10-12-24(13-11-23)21(25)17-29(26,27)14-6-9-18-7-4-3-5-8-18/h3-5,7-8,16H,2,6,9-15,17H2,1H3. The SMILES string of the molecule is CCc1nc(CN2CCN(C(=O)CS(=O)(=O)CCCc3ccccc3)CC2)cs1. The van der Waals surface area contributed by atoms with Crippen LogP contribution in [0.3, 0.4) is 0 Å². The third kappa shape index (κ3) is 6.90. The Morgan fingerprint density at radius 1 is 1.14 bits per heavy atom. The first-order chi connectivity index (χ1) is 13.9. The number of carbonyl (C=O) groups is 1. The molecular formula is C21H29N3O3S2. The van der Waals surface area contributed by atoms with Crippen molar-refractivity contribution in [3.05, 3.63) is 52.0 Å². The first-order valence-corrected chi connectivity index (χ1v) is 12.8. The Morgan fingerprint density at radius 2 is 1.86 bits per heavy atom. The van der Waals surface area contributed by atoms with Crippen molar-refractivity contribution in [1.29, 1.82) is 0 Å². The molecule has 0 radical (unpaired) electrons. The molecule has 0 atom stereocenters. The molecule has 1 amide bonds. The molecule has 2 aromatic rings. The summed E-state index contributed by atoms with van der Waals surface area (Å²) in [5, 5.41) is 3.24. The minimum absolute atomic E-state index is 0.0528. The topological polar surface area (TPSA) is 70.6 Å². The monoisotopic (exact) mass is 435 g/mol. The van der Waals surface area contributed by atoms with Crippen LogP contribution in [0.5, 0.6) is 0 Å². The number of thiazole rings is 1. The van der Waals surface area contributed by atoms with Crippen molar-refractivity contribution >= 4 is 27.1 Å². The average Bonchev–Trinajstić information content (AvgIpc) is 3.16. The number of benzene rings is 1. The summed E-state index contributed by atoms with van der Waals surface area (Å²) >= 11 is 1.69. The van der Waals surface area contributed by atoms with Crippen LogP contribution in [0.25, 0.3) is 0 Å². The zero-order chi connectivity index (χ0) is 20.7. The molecule has 1 aliphatic heterocycles. The van der Waals surface area contributed by atoms with Crippen molar-refractivity contribution in [3.8, 4) is 0 Å². The Kier molecular flexibility index (Phi) is 7.80. The van der Waals surface area contributed by atoms with E-state index in [4.69, 9.17) is 0 Å². The highest BCUT2D eigenvalue weighted by atomic mass is 32.2. The first kappa shape index (κ1) is 21.9. The summed E-state index contributed by atoms with van der Waals surface area (Å²) in [5.74, 6) is -0.600. The smallest absolute Gasteiger partial charge is 0.237 e. The second-order valence-corrected chi connectivity index (χ2v) is 10.6. The number of nitrogens with zero attached hydrogens (tertiary/aromatic N) is 3. The van der Waals surface area contributed by atoms with Crippen LogP contribution in [-0.4, -0.2) is 66.8 Å². The van der Waals surface area contributed by atoms with Gasteiger partial charge in [-0.25, -0.2) is 13.4 Å². The first-order valence-electron chi connectivity index (χ1n) is 10.1. The molecule has 8 heteroatoms. The molecule has 1 aromatic heterocycles. The summed E-state index contributed by atoms with van der Waals surface area (Å²) < 4.78 is 24.7. The van der Waals surface area contributed by atoms with E-state index in [0.29, 0.717) is 25.9 Å². The van der Waals surface area contributed by atoms with Gasteiger partial charge in [-0.3, -0.25) is 9.69 Å². The van der Waals surface area contributed by atoms with E-state index in [1.54, 1.807) is 16.2 Å². The summed E-state index contributed by atoms with van der Waals surface area (Å²) in [6.07, 6.45) is 2.21. The lowest BCUT2D eigenvalue weighted by Gasteiger charge is -2.34. The predicted octanol–water partition coefficient (Wildman–Crippen LogP) is 2.40. The second-order valence-electron chi connectivity index (χ2n) is 7.42. The average molecular weight is 436 g/mol. The van der Waals surface area contributed by atoms with Crippen molar-refractivity contribution in [1.82, 2.24) is 14.8 Å². The van der Waals surface area contributed by atoms with Gasteiger partial charge in [0.2, 0.25) is 5.91 Å². The van der Waals surface area contributed by atoms with E-state index < -0.39 is 9.84 Å². The van der Waals surface area contributed by atoms with Gasteiger partial charge in [-0.1, -0.05) is 37.3 Å². The number of piperazine rings is 1. The van der Waals surface area contributed by atoms with E-state index in [-0.39, 0.29) is 17.4 Å². The molecule has 0 aliphatic carbocycles. The van der Waals surface area contributed by atoms with E-state index in [0.717, 1.165) is 42.3 Å². The molecule has 6 nitrogen and oxygen atoms in total. The quantitative estimate of drug-likeness (QED) is 0.605. The molecule has 158 valence electrons. The van der Waals surface area contributed by atoms with Gasteiger partial charge >= 0.3 is 0 Å². The lowest BCUT2D eigenvalue weighted by atomic mass is 10.1. The zero-order valence-electron chi connectivity index (χ0n) is 16.9. The normalized spacial score (nSPS) is 15.6. The van der Waals surface area contributed by atoms with E-state index in [2.05, 4.69) is 22.2 Å². The summed E-state index contributed by atoms with van der Waals surface area (Å²) in [4.78, 5) is 21.0. The molecule has 1 saturated heterocycles. The van der Waals surface area contributed by atoms with Crippen molar-refractivity contribution in [3.63, 3.8) is 0 Å². The lowest BCUT2D eigenvalue weighted by molar-refractivity contribution is -0.130. The Balaban J connectivity index is 1.40. The Hall–Kier alpha value is -1.77. The molecule has 1 aliphatic rings. The highest BCUT2D eigenvalue weighted by molar-refractivity contribution is 7.92. The molecule has 2 heterocycles. The van der Waals surface area contributed by atoms with Gasteiger partial charge in [0.05, 0.1) is 16.5 Å².